The Hall–Kier alpha value is -0.120. The van der Waals surface area contributed by atoms with E-state index in [9.17, 15) is 0 Å². The Labute approximate surface area is 107 Å². The molecule has 2 fully saturated rings. The molecule has 0 aliphatic carbocycles. The molecule has 0 spiro atoms. The lowest BCUT2D eigenvalue weighted by molar-refractivity contribution is 0.231. The fraction of sp³-hybridized carbons (Fsp3) is 1.00. The van der Waals surface area contributed by atoms with Crippen LogP contribution in [0.3, 0.4) is 0 Å². The van der Waals surface area contributed by atoms with Crippen LogP contribution in [-0.4, -0.2) is 61.7 Å². The molecule has 2 rings (SSSR count). The first kappa shape index (κ1) is 13.3. The van der Waals surface area contributed by atoms with Crippen LogP contribution in [-0.2, 0) is 0 Å². The van der Waals surface area contributed by atoms with Gasteiger partial charge in [-0.1, -0.05) is 6.92 Å². The summed E-state index contributed by atoms with van der Waals surface area (Å²) in [6, 6.07) is 0.881. The molecular weight excluding hydrogens is 210 g/mol. The zero-order valence-corrected chi connectivity index (χ0v) is 11.5. The maximum absolute atomic E-state index is 3.40. The van der Waals surface area contributed by atoms with Crippen molar-refractivity contribution < 1.29 is 0 Å². The van der Waals surface area contributed by atoms with Crippen LogP contribution in [0.1, 0.15) is 39.0 Å². The standard InChI is InChI=1S/C14H29N3/c1-2-15-8-3-4-9-16-12-7-14(13-16)17-10-5-6-11-17/h14-15H,2-13H2,1H3. The zero-order valence-electron chi connectivity index (χ0n) is 11.5. The number of hydrogen-bond acceptors (Lipinski definition) is 3. The normalized spacial score (nSPS) is 27.0. The molecule has 0 saturated carbocycles. The number of nitrogens with zero attached hydrogens (tertiary/aromatic N) is 2. The molecule has 0 aromatic carbocycles. The first-order chi connectivity index (χ1) is 8.40. The van der Waals surface area contributed by atoms with E-state index < -0.39 is 0 Å². The smallest absolute Gasteiger partial charge is 0.0235 e. The molecule has 0 aromatic rings. The van der Waals surface area contributed by atoms with Crippen LogP contribution in [0.15, 0.2) is 0 Å². The molecule has 17 heavy (non-hydrogen) atoms. The van der Waals surface area contributed by atoms with Crippen molar-refractivity contribution in [2.45, 2.75) is 45.1 Å². The van der Waals surface area contributed by atoms with Gasteiger partial charge in [0.05, 0.1) is 0 Å². The summed E-state index contributed by atoms with van der Waals surface area (Å²) in [4.78, 5) is 5.40. The monoisotopic (exact) mass is 239 g/mol. The van der Waals surface area contributed by atoms with E-state index in [0.717, 1.165) is 12.6 Å². The molecule has 3 nitrogen and oxygen atoms in total. The van der Waals surface area contributed by atoms with E-state index >= 15 is 0 Å². The fourth-order valence-corrected chi connectivity index (χ4v) is 3.18. The van der Waals surface area contributed by atoms with Crippen LogP contribution in [0, 0.1) is 0 Å². The second kappa shape index (κ2) is 7.34. The quantitative estimate of drug-likeness (QED) is 0.680. The van der Waals surface area contributed by atoms with Crippen LogP contribution in [0.5, 0.6) is 0 Å². The Morgan fingerprint density at radius 2 is 1.94 bits per heavy atom. The second-order valence-corrected chi connectivity index (χ2v) is 5.55. The summed E-state index contributed by atoms with van der Waals surface area (Å²) < 4.78 is 0. The summed E-state index contributed by atoms with van der Waals surface area (Å²) in [7, 11) is 0. The lowest BCUT2D eigenvalue weighted by atomic mass is 10.2. The highest BCUT2D eigenvalue weighted by Crippen LogP contribution is 2.20. The minimum Gasteiger partial charge on any atom is -0.317 e. The third-order valence-corrected chi connectivity index (χ3v) is 4.23. The molecule has 2 saturated heterocycles. The molecule has 2 heterocycles. The van der Waals surface area contributed by atoms with Crippen molar-refractivity contribution in [3.8, 4) is 0 Å². The van der Waals surface area contributed by atoms with Gasteiger partial charge in [0.1, 0.15) is 0 Å². The molecule has 0 aromatic heterocycles. The Morgan fingerprint density at radius 1 is 1.12 bits per heavy atom. The van der Waals surface area contributed by atoms with E-state index in [0.29, 0.717) is 0 Å². The van der Waals surface area contributed by atoms with Crippen molar-refractivity contribution in [2.75, 3.05) is 45.8 Å². The number of rotatable bonds is 7. The van der Waals surface area contributed by atoms with Gasteiger partial charge in [0.2, 0.25) is 0 Å². The van der Waals surface area contributed by atoms with E-state index in [4.69, 9.17) is 0 Å². The van der Waals surface area contributed by atoms with Crippen molar-refractivity contribution in [1.82, 2.24) is 15.1 Å². The number of unbranched alkanes of at least 4 members (excludes halogenated alkanes) is 1. The maximum Gasteiger partial charge on any atom is 0.0235 e. The van der Waals surface area contributed by atoms with Gasteiger partial charge in [-0.15, -0.1) is 0 Å². The molecule has 1 N–H and O–H groups in total. The lowest BCUT2D eigenvalue weighted by Gasteiger charge is -2.23. The summed E-state index contributed by atoms with van der Waals surface area (Å²) in [5.41, 5.74) is 0. The van der Waals surface area contributed by atoms with Crippen molar-refractivity contribution in [1.29, 1.82) is 0 Å². The predicted molar refractivity (Wildman–Crippen MR) is 73.4 cm³/mol. The van der Waals surface area contributed by atoms with Crippen molar-refractivity contribution in [2.24, 2.45) is 0 Å². The van der Waals surface area contributed by atoms with Gasteiger partial charge in [-0.3, -0.25) is 4.90 Å². The predicted octanol–water partition coefficient (Wildman–Crippen LogP) is 1.55. The van der Waals surface area contributed by atoms with Crippen LogP contribution in [0.25, 0.3) is 0 Å². The highest BCUT2D eigenvalue weighted by molar-refractivity contribution is 4.85. The van der Waals surface area contributed by atoms with Gasteiger partial charge in [0.25, 0.3) is 0 Å². The van der Waals surface area contributed by atoms with Crippen molar-refractivity contribution >= 4 is 0 Å². The van der Waals surface area contributed by atoms with Crippen LogP contribution < -0.4 is 5.32 Å². The molecule has 2 aliphatic heterocycles. The Balaban J connectivity index is 1.54. The van der Waals surface area contributed by atoms with Gasteiger partial charge >= 0.3 is 0 Å². The summed E-state index contributed by atoms with van der Waals surface area (Å²) in [5, 5.41) is 3.40. The van der Waals surface area contributed by atoms with E-state index in [1.807, 2.05) is 0 Å². The van der Waals surface area contributed by atoms with E-state index in [2.05, 4.69) is 22.0 Å². The molecule has 3 heteroatoms. The first-order valence-corrected chi connectivity index (χ1v) is 7.57. The number of likely N-dealkylation sites (tertiary alicyclic amines) is 2. The zero-order chi connectivity index (χ0) is 11.9. The van der Waals surface area contributed by atoms with E-state index in [1.165, 1.54) is 71.4 Å². The van der Waals surface area contributed by atoms with Crippen molar-refractivity contribution in [3.63, 3.8) is 0 Å². The van der Waals surface area contributed by atoms with Crippen LogP contribution >= 0.6 is 0 Å². The van der Waals surface area contributed by atoms with Gasteiger partial charge in [0.15, 0.2) is 0 Å². The van der Waals surface area contributed by atoms with Gasteiger partial charge < -0.3 is 10.2 Å². The molecule has 0 amide bonds. The van der Waals surface area contributed by atoms with Crippen LogP contribution in [0.2, 0.25) is 0 Å². The number of hydrogen-bond donors (Lipinski definition) is 1. The Morgan fingerprint density at radius 3 is 2.71 bits per heavy atom. The molecule has 100 valence electrons. The lowest BCUT2D eigenvalue weighted by Crippen LogP contribution is -2.35. The Kier molecular flexibility index (Phi) is 5.75. The number of nitrogens with one attached hydrogen (secondary N) is 1. The second-order valence-electron chi connectivity index (χ2n) is 5.55. The highest BCUT2D eigenvalue weighted by atomic mass is 15.3. The third-order valence-electron chi connectivity index (χ3n) is 4.23. The fourth-order valence-electron chi connectivity index (χ4n) is 3.18. The molecule has 1 unspecified atom stereocenters. The summed E-state index contributed by atoms with van der Waals surface area (Å²) >= 11 is 0. The van der Waals surface area contributed by atoms with Crippen molar-refractivity contribution in [3.05, 3.63) is 0 Å². The summed E-state index contributed by atoms with van der Waals surface area (Å²) in [6.45, 7) is 11.2. The summed E-state index contributed by atoms with van der Waals surface area (Å²) in [5.74, 6) is 0. The van der Waals surface area contributed by atoms with E-state index in [-0.39, 0.29) is 0 Å². The molecular formula is C14H29N3. The molecule has 0 bridgehead atoms. The molecule has 1 atom stereocenters. The first-order valence-electron chi connectivity index (χ1n) is 7.57. The van der Waals surface area contributed by atoms with Gasteiger partial charge in [0, 0.05) is 12.6 Å². The topological polar surface area (TPSA) is 18.5 Å². The molecule has 0 radical (unpaired) electrons. The largest absolute Gasteiger partial charge is 0.317 e. The maximum atomic E-state index is 3.40. The summed E-state index contributed by atoms with van der Waals surface area (Å²) in [6.07, 6.45) is 6.96. The van der Waals surface area contributed by atoms with Gasteiger partial charge in [-0.05, 0) is 71.4 Å². The molecule has 2 aliphatic rings. The SMILES string of the molecule is CCNCCCCN1CCC(N2CCCC2)C1. The highest BCUT2D eigenvalue weighted by Gasteiger charge is 2.28. The average molecular weight is 239 g/mol. The van der Waals surface area contributed by atoms with Gasteiger partial charge in [-0.25, -0.2) is 0 Å². The average Bonchev–Trinajstić information content (AvgIpc) is 2.99. The van der Waals surface area contributed by atoms with Gasteiger partial charge in [-0.2, -0.15) is 0 Å². The van der Waals surface area contributed by atoms with Crippen LogP contribution in [0.4, 0.5) is 0 Å². The minimum atomic E-state index is 0.881. The third kappa shape index (κ3) is 4.23. The minimum absolute atomic E-state index is 0.881. The Bertz CT molecular complexity index is 202. The van der Waals surface area contributed by atoms with E-state index in [1.54, 1.807) is 0 Å².